The molecule has 0 aromatic rings. The van der Waals surface area contributed by atoms with E-state index in [-0.39, 0.29) is 49.1 Å². The van der Waals surface area contributed by atoms with Gasteiger partial charge in [-0.05, 0) is 45.7 Å². The van der Waals surface area contributed by atoms with Crippen LogP contribution < -0.4 is 0 Å². The number of alkyl halides is 3. The van der Waals surface area contributed by atoms with Crippen LogP contribution in [0.15, 0.2) is 23.4 Å². The highest BCUT2D eigenvalue weighted by molar-refractivity contribution is 7.87. The largest absolute Gasteiger partial charge is 0.534 e. The van der Waals surface area contributed by atoms with Gasteiger partial charge in [0.15, 0.2) is 11.6 Å². The summed E-state index contributed by atoms with van der Waals surface area (Å²) >= 11 is 0. The first-order valence-corrected chi connectivity index (χ1v) is 13.8. The zero-order chi connectivity index (χ0) is 27.2. The lowest BCUT2D eigenvalue weighted by Gasteiger charge is -2.32. The lowest BCUT2D eigenvalue weighted by Crippen LogP contribution is -2.41. The standard InChI is InChI=1S/C14H23BO4.C9H11F3O5S/c1-12(2)13(3,4)19-15(18-12)11-5-7-14(8-6-11)16-9-10-17-14;10-9(11,12)18(13,14)17-7-1-3-8(4-2-7)15-5-6-16-8/h5H,6-10H2,1-4H3;1H,2-6H2. The Morgan fingerprint density at radius 3 is 1.65 bits per heavy atom. The van der Waals surface area contributed by atoms with E-state index in [1.54, 1.807) is 0 Å². The molecule has 0 aromatic heterocycles. The fourth-order valence-electron chi connectivity index (χ4n) is 4.60. The van der Waals surface area contributed by atoms with E-state index in [1.807, 2.05) is 0 Å². The molecular formula is C23H34BF3O9S. The van der Waals surface area contributed by atoms with Crippen molar-refractivity contribution in [3.8, 4) is 0 Å². The first kappa shape index (κ1) is 28.8. The van der Waals surface area contributed by atoms with E-state index in [1.165, 1.54) is 11.5 Å². The van der Waals surface area contributed by atoms with Gasteiger partial charge in [0.2, 0.25) is 0 Å². The minimum Gasteiger partial charge on any atom is -0.400 e. The van der Waals surface area contributed by atoms with Crippen molar-refractivity contribution in [1.82, 2.24) is 0 Å². The van der Waals surface area contributed by atoms with Gasteiger partial charge >= 0.3 is 22.7 Å². The van der Waals surface area contributed by atoms with Crippen LogP contribution in [-0.4, -0.2) is 70.2 Å². The Morgan fingerprint density at radius 2 is 1.27 bits per heavy atom. The fraction of sp³-hybridized carbons (Fsp3) is 0.826. The molecule has 0 atom stereocenters. The molecular weight excluding hydrogens is 520 g/mol. The Bertz CT molecular complexity index is 995. The molecule has 3 heterocycles. The van der Waals surface area contributed by atoms with Gasteiger partial charge in [0.05, 0.1) is 37.6 Å². The Balaban J connectivity index is 0.000000173. The molecule has 210 valence electrons. The zero-order valence-electron chi connectivity index (χ0n) is 21.5. The highest BCUT2D eigenvalue weighted by Gasteiger charge is 2.53. The summed E-state index contributed by atoms with van der Waals surface area (Å²) in [7, 11) is -5.80. The second-order valence-electron chi connectivity index (χ2n) is 10.6. The summed E-state index contributed by atoms with van der Waals surface area (Å²) in [6.45, 7) is 10.6. The molecule has 3 aliphatic heterocycles. The second-order valence-corrected chi connectivity index (χ2v) is 12.2. The number of hydrogen-bond acceptors (Lipinski definition) is 9. The Hall–Kier alpha value is -1.16. The van der Waals surface area contributed by atoms with Crippen molar-refractivity contribution in [1.29, 1.82) is 0 Å². The average molecular weight is 554 g/mol. The number of hydrogen-bond donors (Lipinski definition) is 0. The number of halogens is 3. The summed E-state index contributed by atoms with van der Waals surface area (Å²) in [4.78, 5) is 0. The van der Waals surface area contributed by atoms with Gasteiger partial charge in [0.1, 0.15) is 5.76 Å². The Kier molecular flexibility index (Phi) is 7.88. The zero-order valence-corrected chi connectivity index (χ0v) is 22.3. The molecule has 37 heavy (non-hydrogen) atoms. The molecule has 0 N–H and O–H groups in total. The highest BCUT2D eigenvalue weighted by Crippen LogP contribution is 2.42. The van der Waals surface area contributed by atoms with Crippen molar-refractivity contribution in [3.63, 3.8) is 0 Å². The van der Waals surface area contributed by atoms with Gasteiger partial charge in [-0.2, -0.15) is 21.6 Å². The van der Waals surface area contributed by atoms with Crippen LogP contribution in [0.5, 0.6) is 0 Å². The molecule has 0 unspecified atom stereocenters. The van der Waals surface area contributed by atoms with Gasteiger partial charge < -0.3 is 32.4 Å². The molecule has 14 heteroatoms. The Labute approximate surface area is 215 Å². The normalized spacial score (nSPS) is 28.0. The van der Waals surface area contributed by atoms with E-state index in [0.29, 0.717) is 26.4 Å². The van der Waals surface area contributed by atoms with Crippen LogP contribution in [0.2, 0.25) is 0 Å². The van der Waals surface area contributed by atoms with Crippen LogP contribution in [0, 0.1) is 0 Å². The van der Waals surface area contributed by atoms with Crippen molar-refractivity contribution in [3.05, 3.63) is 23.4 Å². The van der Waals surface area contributed by atoms with E-state index in [9.17, 15) is 21.6 Å². The Morgan fingerprint density at radius 1 is 0.811 bits per heavy atom. The van der Waals surface area contributed by atoms with E-state index in [0.717, 1.165) is 19.3 Å². The minimum absolute atomic E-state index is 0.0231. The molecule has 0 radical (unpaired) electrons. The molecule has 0 bridgehead atoms. The smallest absolute Gasteiger partial charge is 0.400 e. The van der Waals surface area contributed by atoms with Gasteiger partial charge in [0.25, 0.3) is 0 Å². The molecule has 2 aliphatic carbocycles. The predicted octanol–water partition coefficient (Wildman–Crippen LogP) is 4.13. The van der Waals surface area contributed by atoms with Crippen molar-refractivity contribution in [2.24, 2.45) is 0 Å². The lowest BCUT2D eigenvalue weighted by atomic mass is 9.71. The molecule has 9 nitrogen and oxygen atoms in total. The predicted molar refractivity (Wildman–Crippen MR) is 125 cm³/mol. The number of rotatable bonds is 3. The lowest BCUT2D eigenvalue weighted by molar-refractivity contribution is -0.163. The van der Waals surface area contributed by atoms with Crippen LogP contribution in [0.25, 0.3) is 0 Å². The summed E-state index contributed by atoms with van der Waals surface area (Å²) < 4.78 is 96.2. The van der Waals surface area contributed by atoms with Crippen molar-refractivity contribution in [2.75, 3.05) is 26.4 Å². The molecule has 2 spiro atoms. The van der Waals surface area contributed by atoms with Crippen molar-refractivity contribution in [2.45, 2.75) is 94.5 Å². The minimum atomic E-state index is -5.58. The fourth-order valence-corrected chi connectivity index (χ4v) is 5.13. The summed E-state index contributed by atoms with van der Waals surface area (Å²) in [6, 6.07) is 0. The molecule has 3 fully saturated rings. The number of allylic oxidation sites excluding steroid dienone is 2. The van der Waals surface area contributed by atoms with E-state index < -0.39 is 21.4 Å². The molecule has 5 aliphatic rings. The summed E-state index contributed by atoms with van der Waals surface area (Å²) in [5.41, 5.74) is -4.73. The topological polar surface area (TPSA) is 98.8 Å². The summed E-state index contributed by atoms with van der Waals surface area (Å²) in [5, 5.41) is 0. The second kappa shape index (κ2) is 10.1. The van der Waals surface area contributed by atoms with Crippen LogP contribution in [-0.2, 0) is 42.6 Å². The van der Waals surface area contributed by atoms with Crippen molar-refractivity contribution < 1.29 is 54.0 Å². The maximum atomic E-state index is 12.1. The van der Waals surface area contributed by atoms with Crippen LogP contribution in [0.1, 0.15) is 66.2 Å². The van der Waals surface area contributed by atoms with E-state index in [2.05, 4.69) is 38.0 Å². The van der Waals surface area contributed by atoms with Gasteiger partial charge in [-0.25, -0.2) is 0 Å². The molecule has 5 rings (SSSR count). The van der Waals surface area contributed by atoms with Crippen molar-refractivity contribution >= 4 is 17.2 Å². The van der Waals surface area contributed by atoms with E-state index >= 15 is 0 Å². The quantitative estimate of drug-likeness (QED) is 0.290. The molecule has 0 aromatic carbocycles. The SMILES string of the molecule is CC1(C)OB(C2=CCC3(CC2)OCCO3)OC1(C)C.O=S(=O)(OC1=CCC2(CC1)OCCO2)C(F)(F)F. The first-order valence-electron chi connectivity index (χ1n) is 12.4. The summed E-state index contributed by atoms with van der Waals surface area (Å²) in [6.07, 6.45) is 6.51. The van der Waals surface area contributed by atoms with Gasteiger partial charge in [-0.1, -0.05) is 6.08 Å². The monoisotopic (exact) mass is 554 g/mol. The van der Waals surface area contributed by atoms with Gasteiger partial charge in [-0.15, -0.1) is 0 Å². The molecule has 0 saturated carbocycles. The third kappa shape index (κ3) is 6.20. The third-order valence-electron chi connectivity index (χ3n) is 7.55. The number of ether oxygens (including phenoxy) is 4. The molecule has 0 amide bonds. The van der Waals surface area contributed by atoms with Gasteiger partial charge in [0, 0.05) is 32.1 Å². The van der Waals surface area contributed by atoms with Gasteiger partial charge in [-0.3, -0.25) is 0 Å². The summed E-state index contributed by atoms with van der Waals surface area (Å²) in [5.74, 6) is -1.42. The van der Waals surface area contributed by atoms with E-state index in [4.69, 9.17) is 28.3 Å². The van der Waals surface area contributed by atoms with Crippen LogP contribution >= 0.6 is 0 Å². The maximum Gasteiger partial charge on any atom is 0.534 e. The van der Waals surface area contributed by atoms with Crippen LogP contribution in [0.4, 0.5) is 13.2 Å². The van der Waals surface area contributed by atoms with Crippen LogP contribution in [0.3, 0.4) is 0 Å². The third-order valence-corrected chi connectivity index (χ3v) is 8.55. The maximum absolute atomic E-state index is 12.1. The molecule has 3 saturated heterocycles. The average Bonchev–Trinajstić information content (AvgIpc) is 3.49. The first-order chi connectivity index (χ1) is 17.1. The highest BCUT2D eigenvalue weighted by atomic mass is 32.2.